The molecule has 0 amide bonds. The maximum atomic E-state index is 12.5. The zero-order valence-electron chi connectivity index (χ0n) is 11.6. The molecule has 0 atom stereocenters. The van der Waals surface area contributed by atoms with Crippen molar-refractivity contribution < 1.29 is 4.74 Å². The van der Waals surface area contributed by atoms with Gasteiger partial charge in [0.1, 0.15) is 10.9 Å². The first-order chi connectivity index (χ1) is 9.99. The lowest BCUT2D eigenvalue weighted by Crippen LogP contribution is -2.36. The van der Waals surface area contributed by atoms with E-state index in [1.165, 1.54) is 13.2 Å². The fourth-order valence-corrected chi connectivity index (χ4v) is 2.49. The first-order valence-electron chi connectivity index (χ1n) is 6.37. The van der Waals surface area contributed by atoms with E-state index in [4.69, 9.17) is 27.9 Å². The van der Waals surface area contributed by atoms with Gasteiger partial charge in [0.25, 0.3) is 5.56 Å². The fraction of sp³-hybridized carbons (Fsp3) is 0.286. The third-order valence-corrected chi connectivity index (χ3v) is 3.67. The van der Waals surface area contributed by atoms with Crippen molar-refractivity contribution in [1.82, 2.24) is 9.55 Å². The van der Waals surface area contributed by atoms with Crippen LogP contribution in [0, 0.1) is 0 Å². The Kier molecular flexibility index (Phi) is 4.75. The minimum Gasteiger partial charge on any atom is -0.495 e. The van der Waals surface area contributed by atoms with Crippen molar-refractivity contribution in [3.8, 4) is 11.4 Å². The summed E-state index contributed by atoms with van der Waals surface area (Å²) in [6.07, 6.45) is 1.23. The quantitative estimate of drug-likeness (QED) is 0.878. The fourth-order valence-electron chi connectivity index (χ4n) is 2.04. The molecule has 0 fully saturated rings. The van der Waals surface area contributed by atoms with Gasteiger partial charge >= 0.3 is 5.69 Å². The van der Waals surface area contributed by atoms with E-state index in [0.717, 1.165) is 11.0 Å². The molecule has 7 heteroatoms. The van der Waals surface area contributed by atoms with Gasteiger partial charge in [-0.2, -0.15) is 0 Å². The molecule has 112 valence electrons. The SMILES string of the molecule is CCCc1c(Cl)[nH]c(=O)n(-c2ccc(Cl)c(OC)c2)c1=O. The molecule has 1 aromatic heterocycles. The molecule has 1 aromatic carbocycles. The van der Waals surface area contributed by atoms with Crippen LogP contribution in [0.1, 0.15) is 18.9 Å². The van der Waals surface area contributed by atoms with Crippen LogP contribution in [0.4, 0.5) is 0 Å². The molecule has 1 heterocycles. The Morgan fingerprint density at radius 2 is 2.00 bits per heavy atom. The minimum atomic E-state index is -0.603. The van der Waals surface area contributed by atoms with Gasteiger partial charge in [0.2, 0.25) is 0 Å². The third kappa shape index (κ3) is 2.99. The van der Waals surface area contributed by atoms with Gasteiger partial charge in [-0.3, -0.25) is 9.78 Å². The smallest absolute Gasteiger partial charge is 0.334 e. The molecule has 0 unspecified atom stereocenters. The molecule has 21 heavy (non-hydrogen) atoms. The van der Waals surface area contributed by atoms with E-state index >= 15 is 0 Å². The van der Waals surface area contributed by atoms with Crippen LogP contribution in [0.5, 0.6) is 5.75 Å². The number of H-pyrrole nitrogens is 1. The predicted molar refractivity (Wildman–Crippen MR) is 83.2 cm³/mol. The second kappa shape index (κ2) is 6.37. The Balaban J connectivity index is 2.72. The summed E-state index contributed by atoms with van der Waals surface area (Å²) in [7, 11) is 1.46. The largest absolute Gasteiger partial charge is 0.495 e. The number of rotatable bonds is 4. The van der Waals surface area contributed by atoms with E-state index in [1.54, 1.807) is 12.1 Å². The Morgan fingerprint density at radius 1 is 1.29 bits per heavy atom. The third-order valence-electron chi connectivity index (χ3n) is 3.04. The highest BCUT2D eigenvalue weighted by Crippen LogP contribution is 2.26. The van der Waals surface area contributed by atoms with Crippen LogP contribution in [-0.4, -0.2) is 16.7 Å². The van der Waals surface area contributed by atoms with E-state index < -0.39 is 11.2 Å². The van der Waals surface area contributed by atoms with Crippen molar-refractivity contribution in [2.75, 3.05) is 7.11 Å². The summed E-state index contributed by atoms with van der Waals surface area (Å²) in [6.45, 7) is 1.93. The maximum Gasteiger partial charge on any atom is 0.334 e. The Bertz CT molecular complexity index is 781. The average molecular weight is 329 g/mol. The second-order valence-electron chi connectivity index (χ2n) is 4.43. The average Bonchev–Trinajstić information content (AvgIpc) is 2.45. The predicted octanol–water partition coefficient (Wildman–Crippen LogP) is 2.79. The van der Waals surface area contributed by atoms with Crippen molar-refractivity contribution >= 4 is 23.2 Å². The van der Waals surface area contributed by atoms with Gasteiger partial charge in [-0.1, -0.05) is 36.5 Å². The van der Waals surface area contributed by atoms with Gasteiger partial charge in [-0.25, -0.2) is 9.36 Å². The number of hydrogen-bond donors (Lipinski definition) is 1. The number of benzene rings is 1. The summed E-state index contributed by atoms with van der Waals surface area (Å²) >= 11 is 11.9. The van der Waals surface area contributed by atoms with Gasteiger partial charge in [0.15, 0.2) is 0 Å². The van der Waals surface area contributed by atoms with Gasteiger partial charge in [0.05, 0.1) is 23.4 Å². The number of halogens is 2. The first-order valence-corrected chi connectivity index (χ1v) is 7.12. The highest BCUT2D eigenvalue weighted by atomic mass is 35.5. The number of aromatic nitrogens is 2. The molecule has 0 spiro atoms. The van der Waals surface area contributed by atoms with E-state index in [9.17, 15) is 9.59 Å². The van der Waals surface area contributed by atoms with Crippen molar-refractivity contribution in [2.24, 2.45) is 0 Å². The van der Waals surface area contributed by atoms with Crippen LogP contribution >= 0.6 is 23.2 Å². The van der Waals surface area contributed by atoms with Gasteiger partial charge in [0, 0.05) is 6.07 Å². The summed E-state index contributed by atoms with van der Waals surface area (Å²) < 4.78 is 6.13. The monoisotopic (exact) mass is 328 g/mol. The summed E-state index contributed by atoms with van der Waals surface area (Å²) in [6, 6.07) is 4.67. The molecule has 2 rings (SSSR count). The standard InChI is InChI=1S/C14H14Cl2N2O3/c1-3-4-9-12(16)17-14(20)18(13(9)19)8-5-6-10(15)11(7-8)21-2/h5-7H,3-4H2,1-2H3,(H,17,20). The normalized spacial score (nSPS) is 10.7. The Labute approximate surface area is 131 Å². The van der Waals surface area contributed by atoms with Crippen molar-refractivity contribution in [3.05, 3.63) is 54.8 Å². The highest BCUT2D eigenvalue weighted by molar-refractivity contribution is 6.32. The lowest BCUT2D eigenvalue weighted by molar-refractivity contribution is 0.415. The van der Waals surface area contributed by atoms with E-state index in [-0.39, 0.29) is 5.15 Å². The maximum absolute atomic E-state index is 12.5. The zero-order chi connectivity index (χ0) is 15.6. The minimum absolute atomic E-state index is 0.0871. The van der Waals surface area contributed by atoms with Crippen molar-refractivity contribution in [3.63, 3.8) is 0 Å². The van der Waals surface area contributed by atoms with Gasteiger partial charge < -0.3 is 4.74 Å². The molecule has 5 nitrogen and oxygen atoms in total. The molecule has 1 N–H and O–H groups in total. The van der Waals surface area contributed by atoms with Gasteiger partial charge in [-0.05, 0) is 18.6 Å². The zero-order valence-corrected chi connectivity index (χ0v) is 13.1. The summed E-state index contributed by atoms with van der Waals surface area (Å²) in [5.41, 5.74) is -0.284. The number of ether oxygens (including phenoxy) is 1. The number of methoxy groups -OCH3 is 1. The summed E-state index contributed by atoms with van der Waals surface area (Å²) in [4.78, 5) is 27.0. The molecule has 0 radical (unpaired) electrons. The van der Waals surface area contributed by atoms with E-state index in [0.29, 0.717) is 28.4 Å². The summed E-state index contributed by atoms with van der Waals surface area (Å²) in [5.74, 6) is 0.382. The molecule has 0 aliphatic carbocycles. The number of hydrogen-bond acceptors (Lipinski definition) is 3. The van der Waals surface area contributed by atoms with Crippen molar-refractivity contribution in [2.45, 2.75) is 19.8 Å². The van der Waals surface area contributed by atoms with E-state index in [1.807, 2.05) is 6.92 Å². The van der Waals surface area contributed by atoms with Crippen LogP contribution in [0.3, 0.4) is 0 Å². The molecule has 0 aliphatic heterocycles. The lowest BCUT2D eigenvalue weighted by Gasteiger charge is -2.10. The second-order valence-corrected chi connectivity index (χ2v) is 5.22. The number of nitrogens with zero attached hydrogens (tertiary/aromatic N) is 1. The van der Waals surface area contributed by atoms with Gasteiger partial charge in [-0.15, -0.1) is 0 Å². The van der Waals surface area contributed by atoms with Crippen LogP contribution in [-0.2, 0) is 6.42 Å². The molecular formula is C14H14Cl2N2O3. The molecule has 0 saturated heterocycles. The molecule has 0 bridgehead atoms. The first kappa shape index (κ1) is 15.7. The van der Waals surface area contributed by atoms with Crippen LogP contribution in [0.2, 0.25) is 10.2 Å². The Morgan fingerprint density at radius 3 is 2.62 bits per heavy atom. The lowest BCUT2D eigenvalue weighted by atomic mass is 10.2. The number of nitrogens with one attached hydrogen (secondary N) is 1. The molecular weight excluding hydrogens is 315 g/mol. The molecule has 2 aromatic rings. The van der Waals surface area contributed by atoms with Crippen LogP contribution in [0.15, 0.2) is 27.8 Å². The molecule has 0 aliphatic rings. The van der Waals surface area contributed by atoms with Crippen molar-refractivity contribution in [1.29, 1.82) is 0 Å². The van der Waals surface area contributed by atoms with Crippen LogP contribution in [0.25, 0.3) is 5.69 Å². The topological polar surface area (TPSA) is 64.1 Å². The highest BCUT2D eigenvalue weighted by Gasteiger charge is 2.14. The number of aromatic amines is 1. The Hall–Kier alpha value is -1.72. The molecule has 0 saturated carbocycles. The van der Waals surface area contributed by atoms with E-state index in [2.05, 4.69) is 4.98 Å². The summed E-state index contributed by atoms with van der Waals surface area (Å²) in [5, 5.41) is 0.484. The van der Waals surface area contributed by atoms with Crippen LogP contribution < -0.4 is 16.0 Å².